The van der Waals surface area contributed by atoms with Crippen LogP contribution < -0.4 is 14.8 Å². The summed E-state index contributed by atoms with van der Waals surface area (Å²) in [5, 5.41) is 3.55. The summed E-state index contributed by atoms with van der Waals surface area (Å²) >= 11 is 0. The average molecular weight is 291 g/mol. The van der Waals surface area contributed by atoms with Crippen LogP contribution in [0.15, 0.2) is 18.2 Å². The van der Waals surface area contributed by atoms with Crippen LogP contribution in [0.5, 0.6) is 11.5 Å². The second-order valence-corrected chi connectivity index (χ2v) is 6.02. The van der Waals surface area contributed by atoms with Crippen molar-refractivity contribution in [3.8, 4) is 11.5 Å². The van der Waals surface area contributed by atoms with Crippen LogP contribution in [0, 0.1) is 5.92 Å². The predicted octanol–water partition coefficient (Wildman–Crippen LogP) is 2.92. The summed E-state index contributed by atoms with van der Waals surface area (Å²) < 4.78 is 17.6. The van der Waals surface area contributed by atoms with Gasteiger partial charge in [0, 0.05) is 12.5 Å². The van der Waals surface area contributed by atoms with E-state index in [4.69, 9.17) is 14.2 Å². The quantitative estimate of drug-likeness (QED) is 0.926. The zero-order valence-electron chi connectivity index (χ0n) is 12.9. The van der Waals surface area contributed by atoms with Crippen molar-refractivity contribution in [3.05, 3.63) is 23.8 Å². The van der Waals surface area contributed by atoms with Crippen LogP contribution in [0.1, 0.15) is 38.3 Å². The summed E-state index contributed by atoms with van der Waals surface area (Å²) in [7, 11) is 0. The number of nitrogens with one attached hydrogen (secondary N) is 1. The number of ether oxygens (including phenoxy) is 3. The standard InChI is InChI=1S/C17H25NO3/c1-3-18-17(15-5-4-8-19-15)13-6-7-14-16(9-13)21-11-12(2)10-20-14/h6-7,9,12,15,17-18H,3-5,8,10-11H2,1-2H3. The molecule has 1 fully saturated rings. The van der Waals surface area contributed by atoms with E-state index in [2.05, 4.69) is 31.3 Å². The molecule has 0 aliphatic carbocycles. The zero-order valence-corrected chi connectivity index (χ0v) is 12.9. The number of benzene rings is 1. The molecule has 0 radical (unpaired) electrons. The third-order valence-corrected chi connectivity index (χ3v) is 4.13. The molecule has 4 nitrogen and oxygen atoms in total. The Hall–Kier alpha value is -1.26. The SMILES string of the molecule is CCNC(c1ccc2c(c1)OCC(C)CO2)C1CCCO1. The Bertz CT molecular complexity index is 471. The van der Waals surface area contributed by atoms with Crippen molar-refractivity contribution in [3.63, 3.8) is 0 Å². The summed E-state index contributed by atoms with van der Waals surface area (Å²) in [6.07, 6.45) is 2.52. The average Bonchev–Trinajstić information content (AvgIpc) is 2.96. The first-order valence-electron chi connectivity index (χ1n) is 8.02. The van der Waals surface area contributed by atoms with Crippen LogP contribution in [0.4, 0.5) is 0 Å². The molecule has 1 aromatic rings. The monoisotopic (exact) mass is 291 g/mol. The topological polar surface area (TPSA) is 39.7 Å². The highest BCUT2D eigenvalue weighted by molar-refractivity contribution is 5.44. The minimum atomic E-state index is 0.229. The first-order chi connectivity index (χ1) is 10.3. The van der Waals surface area contributed by atoms with E-state index in [1.165, 1.54) is 5.56 Å². The lowest BCUT2D eigenvalue weighted by molar-refractivity contribution is 0.0787. The van der Waals surface area contributed by atoms with Crippen LogP contribution >= 0.6 is 0 Å². The van der Waals surface area contributed by atoms with Crippen LogP contribution in [0.3, 0.4) is 0 Å². The van der Waals surface area contributed by atoms with E-state index in [9.17, 15) is 0 Å². The van der Waals surface area contributed by atoms with Gasteiger partial charge in [0.2, 0.25) is 0 Å². The van der Waals surface area contributed by atoms with E-state index in [0.717, 1.165) is 37.5 Å². The maximum absolute atomic E-state index is 5.90. The number of rotatable bonds is 4. The number of hydrogen-bond donors (Lipinski definition) is 1. The number of fused-ring (bicyclic) bond motifs is 1. The van der Waals surface area contributed by atoms with Gasteiger partial charge in [-0.15, -0.1) is 0 Å². The second-order valence-electron chi connectivity index (χ2n) is 6.02. The highest BCUT2D eigenvalue weighted by atomic mass is 16.5. The fourth-order valence-electron chi connectivity index (χ4n) is 3.01. The largest absolute Gasteiger partial charge is 0.489 e. The van der Waals surface area contributed by atoms with E-state index in [-0.39, 0.29) is 12.1 Å². The maximum Gasteiger partial charge on any atom is 0.161 e. The van der Waals surface area contributed by atoms with Crippen molar-refractivity contribution >= 4 is 0 Å². The predicted molar refractivity (Wildman–Crippen MR) is 82.0 cm³/mol. The molecule has 3 rings (SSSR count). The molecule has 21 heavy (non-hydrogen) atoms. The van der Waals surface area contributed by atoms with E-state index in [0.29, 0.717) is 19.1 Å². The number of likely N-dealkylation sites (N-methyl/N-ethyl adjacent to an activating group) is 1. The molecule has 1 saturated heterocycles. The lowest BCUT2D eigenvalue weighted by Gasteiger charge is -2.25. The molecule has 0 spiro atoms. The smallest absolute Gasteiger partial charge is 0.161 e. The molecule has 0 bridgehead atoms. The van der Waals surface area contributed by atoms with Gasteiger partial charge >= 0.3 is 0 Å². The molecular formula is C17H25NO3. The van der Waals surface area contributed by atoms with Crippen molar-refractivity contribution in [1.82, 2.24) is 5.32 Å². The van der Waals surface area contributed by atoms with Crippen molar-refractivity contribution in [1.29, 1.82) is 0 Å². The van der Waals surface area contributed by atoms with E-state index in [1.54, 1.807) is 0 Å². The third-order valence-electron chi connectivity index (χ3n) is 4.13. The molecule has 0 amide bonds. The molecular weight excluding hydrogens is 266 g/mol. The van der Waals surface area contributed by atoms with Gasteiger partial charge in [-0.2, -0.15) is 0 Å². The molecule has 2 aliphatic heterocycles. The van der Waals surface area contributed by atoms with Crippen molar-refractivity contribution in [2.24, 2.45) is 5.92 Å². The summed E-state index contributed by atoms with van der Waals surface area (Å²) in [4.78, 5) is 0. The first-order valence-corrected chi connectivity index (χ1v) is 8.02. The maximum atomic E-state index is 5.90. The molecule has 116 valence electrons. The minimum Gasteiger partial charge on any atom is -0.489 e. The minimum absolute atomic E-state index is 0.229. The van der Waals surface area contributed by atoms with Crippen molar-refractivity contribution < 1.29 is 14.2 Å². The van der Waals surface area contributed by atoms with Crippen LogP contribution in [-0.4, -0.2) is 32.5 Å². The molecule has 0 aromatic heterocycles. The Morgan fingerprint density at radius 1 is 1.24 bits per heavy atom. The molecule has 1 aromatic carbocycles. The van der Waals surface area contributed by atoms with Gasteiger partial charge in [0.15, 0.2) is 11.5 Å². The van der Waals surface area contributed by atoms with Crippen LogP contribution in [-0.2, 0) is 4.74 Å². The fraction of sp³-hybridized carbons (Fsp3) is 0.647. The molecule has 0 saturated carbocycles. The Morgan fingerprint density at radius 2 is 2.05 bits per heavy atom. The molecule has 4 heteroatoms. The Balaban J connectivity index is 1.83. The van der Waals surface area contributed by atoms with Gasteiger partial charge in [0.1, 0.15) is 0 Å². The fourth-order valence-corrected chi connectivity index (χ4v) is 3.01. The normalized spacial score (nSPS) is 26.4. The van der Waals surface area contributed by atoms with Gasteiger partial charge < -0.3 is 19.5 Å². The van der Waals surface area contributed by atoms with E-state index < -0.39 is 0 Å². The molecule has 2 heterocycles. The van der Waals surface area contributed by atoms with Crippen LogP contribution in [0.25, 0.3) is 0 Å². The van der Waals surface area contributed by atoms with Gasteiger partial charge in [0.05, 0.1) is 25.4 Å². The lowest BCUT2D eigenvalue weighted by atomic mass is 9.98. The zero-order chi connectivity index (χ0) is 14.7. The summed E-state index contributed by atoms with van der Waals surface area (Å²) in [5.74, 6) is 2.13. The van der Waals surface area contributed by atoms with Crippen LogP contribution in [0.2, 0.25) is 0 Å². The summed E-state index contributed by atoms with van der Waals surface area (Å²) in [6.45, 7) is 7.49. The number of hydrogen-bond acceptors (Lipinski definition) is 4. The molecule has 3 atom stereocenters. The lowest BCUT2D eigenvalue weighted by Crippen LogP contribution is -2.31. The van der Waals surface area contributed by atoms with Gasteiger partial charge in [-0.3, -0.25) is 0 Å². The van der Waals surface area contributed by atoms with Crippen molar-refractivity contribution in [2.45, 2.75) is 38.8 Å². The first kappa shape index (κ1) is 14.7. The van der Waals surface area contributed by atoms with E-state index in [1.807, 2.05) is 6.07 Å². The van der Waals surface area contributed by atoms with E-state index >= 15 is 0 Å². The Morgan fingerprint density at radius 3 is 2.76 bits per heavy atom. The summed E-state index contributed by atoms with van der Waals surface area (Å²) in [6, 6.07) is 6.50. The highest BCUT2D eigenvalue weighted by Crippen LogP contribution is 2.35. The van der Waals surface area contributed by atoms with Gasteiger partial charge in [-0.05, 0) is 37.1 Å². The van der Waals surface area contributed by atoms with Gasteiger partial charge in [-0.1, -0.05) is 19.9 Å². The van der Waals surface area contributed by atoms with Crippen molar-refractivity contribution in [2.75, 3.05) is 26.4 Å². The Kier molecular flexibility index (Phi) is 4.66. The third kappa shape index (κ3) is 3.33. The second kappa shape index (κ2) is 6.67. The van der Waals surface area contributed by atoms with Gasteiger partial charge in [-0.25, -0.2) is 0 Å². The molecule has 3 unspecified atom stereocenters. The molecule has 2 aliphatic rings. The Labute approximate surface area is 126 Å². The molecule has 1 N–H and O–H groups in total. The summed E-state index contributed by atoms with van der Waals surface area (Å²) in [5.41, 5.74) is 1.22. The highest BCUT2D eigenvalue weighted by Gasteiger charge is 2.27. The van der Waals surface area contributed by atoms with Gasteiger partial charge in [0.25, 0.3) is 0 Å².